The van der Waals surface area contributed by atoms with Crippen molar-refractivity contribution in [2.45, 2.75) is 50.7 Å². The lowest BCUT2D eigenvalue weighted by Gasteiger charge is -2.35. The third-order valence-electron chi connectivity index (χ3n) is 4.60. The predicted octanol–water partition coefficient (Wildman–Crippen LogP) is 1.93. The van der Waals surface area contributed by atoms with Gasteiger partial charge in [0, 0.05) is 38.7 Å². The zero-order valence-electron chi connectivity index (χ0n) is 16.3. The number of ketones is 1. The third-order valence-corrected chi connectivity index (χ3v) is 6.48. The Kier molecular flexibility index (Phi) is 7.13. The van der Waals surface area contributed by atoms with E-state index in [4.69, 9.17) is 4.74 Å². The molecule has 0 spiro atoms. The highest BCUT2D eigenvalue weighted by molar-refractivity contribution is 7.89. The normalized spacial score (nSPS) is 20.7. The van der Waals surface area contributed by atoms with Crippen molar-refractivity contribution in [2.75, 3.05) is 26.7 Å². The molecule has 0 radical (unpaired) electrons. The van der Waals surface area contributed by atoms with Gasteiger partial charge in [-0.1, -0.05) is 12.1 Å². The van der Waals surface area contributed by atoms with Crippen molar-refractivity contribution in [2.24, 2.45) is 0 Å². The fourth-order valence-corrected chi connectivity index (χ4v) is 4.36. The molecule has 1 fully saturated rings. The first-order chi connectivity index (χ1) is 12.6. The highest BCUT2D eigenvalue weighted by atomic mass is 32.2. The number of hydrogen-bond donors (Lipinski definition) is 0. The Balaban J connectivity index is 1.89. The van der Waals surface area contributed by atoms with Crippen molar-refractivity contribution in [1.29, 1.82) is 0 Å². The lowest BCUT2D eigenvalue weighted by Crippen LogP contribution is -2.48. The van der Waals surface area contributed by atoms with E-state index in [1.807, 2.05) is 13.8 Å². The van der Waals surface area contributed by atoms with Crippen LogP contribution in [0.25, 0.3) is 0 Å². The Morgan fingerprint density at radius 1 is 1.15 bits per heavy atom. The molecule has 1 amide bonds. The highest BCUT2D eigenvalue weighted by Crippen LogP contribution is 2.17. The molecule has 1 aromatic rings. The van der Waals surface area contributed by atoms with E-state index in [1.165, 1.54) is 42.5 Å². The molecular formula is C19H28N2O5S. The number of Topliss-reactive ketones (excluding diaryl/α,β-unsaturated/α-hetero) is 1. The van der Waals surface area contributed by atoms with Crippen LogP contribution in [0.4, 0.5) is 0 Å². The number of nitrogens with zero attached hydrogens (tertiary/aromatic N) is 2. The summed E-state index contributed by atoms with van der Waals surface area (Å²) in [6, 6.07) is 5.88. The van der Waals surface area contributed by atoms with E-state index in [9.17, 15) is 18.0 Å². The Morgan fingerprint density at radius 2 is 1.70 bits per heavy atom. The van der Waals surface area contributed by atoms with Crippen LogP contribution in [0.1, 0.15) is 44.0 Å². The van der Waals surface area contributed by atoms with Crippen molar-refractivity contribution < 1.29 is 22.7 Å². The van der Waals surface area contributed by atoms with Crippen LogP contribution in [0, 0.1) is 0 Å². The van der Waals surface area contributed by atoms with E-state index < -0.39 is 10.0 Å². The molecule has 150 valence electrons. The van der Waals surface area contributed by atoms with Crippen molar-refractivity contribution in [3.8, 4) is 0 Å². The lowest BCUT2D eigenvalue weighted by atomic mass is 10.2. The van der Waals surface area contributed by atoms with E-state index in [2.05, 4.69) is 0 Å². The molecule has 1 saturated heterocycles. The predicted molar refractivity (Wildman–Crippen MR) is 102 cm³/mol. The molecule has 1 heterocycles. The van der Waals surface area contributed by atoms with Gasteiger partial charge in [-0.15, -0.1) is 0 Å². The van der Waals surface area contributed by atoms with Crippen LogP contribution in [-0.2, 0) is 19.6 Å². The quantitative estimate of drug-likeness (QED) is 0.658. The summed E-state index contributed by atoms with van der Waals surface area (Å²) >= 11 is 0. The Bertz CT molecular complexity index is 766. The summed E-state index contributed by atoms with van der Waals surface area (Å²) in [6.07, 6.45) is 0.764. The van der Waals surface area contributed by atoms with Gasteiger partial charge < -0.3 is 9.64 Å². The minimum atomic E-state index is -3.64. The average molecular weight is 397 g/mol. The van der Waals surface area contributed by atoms with Crippen molar-refractivity contribution in [3.05, 3.63) is 29.8 Å². The maximum atomic E-state index is 12.6. The smallest absolute Gasteiger partial charge is 0.242 e. The summed E-state index contributed by atoms with van der Waals surface area (Å²) in [5, 5.41) is 0. The molecule has 8 heteroatoms. The molecule has 2 rings (SSSR count). The molecule has 27 heavy (non-hydrogen) atoms. The van der Waals surface area contributed by atoms with Gasteiger partial charge in [0.25, 0.3) is 0 Å². The standard InChI is InChI=1S/C19H28N2O5S/c1-14-12-21(13-15(2)26-14)19(23)6-5-11-20(4)27(24,25)18-9-7-17(8-10-18)16(3)22/h7-10,14-15H,5-6,11-13H2,1-4H3. The monoisotopic (exact) mass is 396 g/mol. The van der Waals surface area contributed by atoms with Crippen LogP contribution in [0.2, 0.25) is 0 Å². The minimum absolute atomic E-state index is 0.0127. The SMILES string of the molecule is CC(=O)c1ccc(S(=O)(=O)N(C)CCCC(=O)N2CC(C)OC(C)C2)cc1. The lowest BCUT2D eigenvalue weighted by molar-refractivity contribution is -0.143. The number of carbonyl (C=O) groups is 2. The number of rotatable bonds is 7. The van der Waals surface area contributed by atoms with Gasteiger partial charge >= 0.3 is 0 Å². The van der Waals surface area contributed by atoms with Gasteiger partial charge in [0.15, 0.2) is 5.78 Å². The second kappa shape index (κ2) is 8.95. The first-order valence-electron chi connectivity index (χ1n) is 9.12. The number of amides is 1. The third kappa shape index (κ3) is 5.60. The second-order valence-corrected chi connectivity index (χ2v) is 9.11. The molecule has 0 N–H and O–H groups in total. The van der Waals surface area contributed by atoms with E-state index in [0.29, 0.717) is 31.5 Å². The molecule has 2 unspecified atom stereocenters. The topological polar surface area (TPSA) is 84.0 Å². The van der Waals surface area contributed by atoms with Crippen LogP contribution in [0.15, 0.2) is 29.2 Å². The zero-order valence-corrected chi connectivity index (χ0v) is 17.2. The number of morpholine rings is 1. The second-order valence-electron chi connectivity index (χ2n) is 7.07. The first-order valence-corrected chi connectivity index (χ1v) is 10.6. The highest BCUT2D eigenvalue weighted by Gasteiger charge is 2.26. The summed E-state index contributed by atoms with van der Waals surface area (Å²) in [6.45, 7) is 6.70. The van der Waals surface area contributed by atoms with Crippen molar-refractivity contribution in [1.82, 2.24) is 9.21 Å². The Hall–Kier alpha value is -1.77. The van der Waals surface area contributed by atoms with E-state index in [1.54, 1.807) is 4.90 Å². The van der Waals surface area contributed by atoms with Gasteiger partial charge in [0.05, 0.1) is 17.1 Å². The Labute approximate surface area is 161 Å². The van der Waals surface area contributed by atoms with E-state index in [-0.39, 0.29) is 35.3 Å². The van der Waals surface area contributed by atoms with Gasteiger partial charge in [0.2, 0.25) is 15.9 Å². The number of ether oxygens (including phenoxy) is 1. The molecule has 1 aliphatic heterocycles. The molecule has 0 saturated carbocycles. The summed E-state index contributed by atoms with van der Waals surface area (Å²) in [5.74, 6) is -0.0915. The molecule has 0 aliphatic carbocycles. The molecule has 7 nitrogen and oxygen atoms in total. The summed E-state index contributed by atoms with van der Waals surface area (Å²) in [5.41, 5.74) is 0.469. The maximum absolute atomic E-state index is 12.6. The van der Waals surface area contributed by atoms with E-state index in [0.717, 1.165) is 0 Å². The van der Waals surface area contributed by atoms with Crippen molar-refractivity contribution >= 4 is 21.7 Å². The van der Waals surface area contributed by atoms with Crippen LogP contribution < -0.4 is 0 Å². The van der Waals surface area contributed by atoms with E-state index >= 15 is 0 Å². The number of sulfonamides is 1. The zero-order chi connectivity index (χ0) is 20.2. The maximum Gasteiger partial charge on any atom is 0.242 e. The molecule has 0 aromatic heterocycles. The fourth-order valence-electron chi connectivity index (χ4n) is 3.15. The van der Waals surface area contributed by atoms with Gasteiger partial charge in [-0.25, -0.2) is 12.7 Å². The summed E-state index contributed by atoms with van der Waals surface area (Å²) in [7, 11) is -2.15. The van der Waals surface area contributed by atoms with Crippen LogP contribution >= 0.6 is 0 Å². The van der Waals surface area contributed by atoms with Crippen LogP contribution in [-0.4, -0.2) is 68.2 Å². The van der Waals surface area contributed by atoms with Gasteiger partial charge in [-0.3, -0.25) is 9.59 Å². The van der Waals surface area contributed by atoms with Crippen molar-refractivity contribution in [3.63, 3.8) is 0 Å². The molecule has 1 aliphatic rings. The number of hydrogen-bond acceptors (Lipinski definition) is 5. The molecule has 0 bridgehead atoms. The number of carbonyl (C=O) groups excluding carboxylic acids is 2. The summed E-state index contributed by atoms with van der Waals surface area (Å²) in [4.78, 5) is 25.6. The Morgan fingerprint density at radius 3 is 2.22 bits per heavy atom. The minimum Gasteiger partial charge on any atom is -0.372 e. The van der Waals surface area contributed by atoms with Gasteiger partial charge in [-0.2, -0.15) is 0 Å². The summed E-state index contributed by atoms with van der Waals surface area (Å²) < 4.78 is 32.1. The van der Waals surface area contributed by atoms with Gasteiger partial charge in [0.1, 0.15) is 0 Å². The number of benzene rings is 1. The molecule has 2 atom stereocenters. The molecule has 1 aromatic carbocycles. The van der Waals surface area contributed by atoms with Crippen LogP contribution in [0.3, 0.4) is 0 Å². The average Bonchev–Trinajstić information content (AvgIpc) is 2.60. The fraction of sp³-hybridized carbons (Fsp3) is 0.579. The van der Waals surface area contributed by atoms with Gasteiger partial charge in [-0.05, 0) is 39.3 Å². The van der Waals surface area contributed by atoms with Crippen LogP contribution in [0.5, 0.6) is 0 Å². The largest absolute Gasteiger partial charge is 0.372 e. The molecular weight excluding hydrogens is 368 g/mol. The first kappa shape index (κ1) is 21.5.